The van der Waals surface area contributed by atoms with E-state index in [9.17, 15) is 5.26 Å². The fourth-order valence-electron chi connectivity index (χ4n) is 2.44. The minimum Gasteiger partial charge on any atom is -0.383 e. The van der Waals surface area contributed by atoms with Crippen LogP contribution >= 0.6 is 0 Å². The highest BCUT2D eigenvalue weighted by molar-refractivity contribution is 5.05. The maximum atomic E-state index is 9.31. The van der Waals surface area contributed by atoms with Crippen LogP contribution in [0.3, 0.4) is 0 Å². The summed E-state index contributed by atoms with van der Waals surface area (Å²) in [6, 6.07) is 3.20. The molecule has 0 radical (unpaired) electrons. The molecule has 4 nitrogen and oxygen atoms in total. The molecule has 18 heavy (non-hydrogen) atoms. The van der Waals surface area contributed by atoms with Gasteiger partial charge in [-0.15, -0.1) is 0 Å². The first-order valence-corrected chi connectivity index (χ1v) is 6.81. The van der Waals surface area contributed by atoms with Gasteiger partial charge in [-0.25, -0.2) is 0 Å². The number of nitrogens with one attached hydrogen (secondary N) is 1. The van der Waals surface area contributed by atoms with E-state index in [0.29, 0.717) is 12.1 Å². The van der Waals surface area contributed by atoms with Crippen molar-refractivity contribution in [2.45, 2.75) is 58.7 Å². The Kier molecular flexibility index (Phi) is 8.17. The van der Waals surface area contributed by atoms with Crippen LogP contribution in [0, 0.1) is 11.3 Å². The standard InChI is InChI=1S/C14H29N3O/c1-7-16-14(5,11-15)10-13(4)17(12(2)3)8-9-18-6/h12-13,16H,7-10H2,1-6H3. The van der Waals surface area contributed by atoms with E-state index in [0.717, 1.165) is 26.1 Å². The third kappa shape index (κ3) is 5.81. The van der Waals surface area contributed by atoms with Crippen molar-refractivity contribution in [1.82, 2.24) is 10.2 Å². The largest absolute Gasteiger partial charge is 0.383 e. The second-order valence-electron chi connectivity index (χ2n) is 5.35. The monoisotopic (exact) mass is 255 g/mol. The van der Waals surface area contributed by atoms with Crippen molar-refractivity contribution in [1.29, 1.82) is 5.26 Å². The Balaban J connectivity index is 4.57. The molecule has 0 aromatic carbocycles. The summed E-state index contributed by atoms with van der Waals surface area (Å²) in [5, 5.41) is 12.6. The van der Waals surface area contributed by atoms with Crippen molar-refractivity contribution >= 4 is 0 Å². The van der Waals surface area contributed by atoms with Crippen LogP contribution in [0.15, 0.2) is 0 Å². The zero-order valence-electron chi connectivity index (χ0n) is 12.8. The summed E-state index contributed by atoms with van der Waals surface area (Å²) < 4.78 is 5.15. The van der Waals surface area contributed by atoms with Crippen molar-refractivity contribution in [3.63, 3.8) is 0 Å². The van der Waals surface area contributed by atoms with Crippen molar-refractivity contribution in [2.24, 2.45) is 0 Å². The summed E-state index contributed by atoms with van der Waals surface area (Å²) in [7, 11) is 1.72. The van der Waals surface area contributed by atoms with E-state index >= 15 is 0 Å². The van der Waals surface area contributed by atoms with Crippen molar-refractivity contribution < 1.29 is 4.74 Å². The van der Waals surface area contributed by atoms with Crippen molar-refractivity contribution in [3.05, 3.63) is 0 Å². The minimum absolute atomic E-state index is 0.351. The van der Waals surface area contributed by atoms with E-state index in [4.69, 9.17) is 4.74 Å². The Hall–Kier alpha value is -0.630. The van der Waals surface area contributed by atoms with Crippen molar-refractivity contribution in [2.75, 3.05) is 26.8 Å². The Labute approximate surface area is 112 Å². The maximum absolute atomic E-state index is 9.31. The predicted molar refractivity (Wildman–Crippen MR) is 75.5 cm³/mol. The van der Waals surface area contributed by atoms with Gasteiger partial charge in [-0.3, -0.25) is 10.2 Å². The number of rotatable bonds is 9. The lowest BCUT2D eigenvalue weighted by atomic mass is 9.94. The topological polar surface area (TPSA) is 48.3 Å². The molecule has 2 atom stereocenters. The summed E-state index contributed by atoms with van der Waals surface area (Å²) in [5.74, 6) is 0. The molecule has 0 amide bonds. The molecule has 0 aromatic heterocycles. The van der Waals surface area contributed by atoms with Crippen LogP contribution in [-0.4, -0.2) is 49.3 Å². The summed E-state index contributed by atoms with van der Waals surface area (Å²) in [6.45, 7) is 13.0. The lowest BCUT2D eigenvalue weighted by Gasteiger charge is -2.36. The Morgan fingerprint density at radius 1 is 1.39 bits per heavy atom. The molecule has 0 bridgehead atoms. The molecule has 0 aromatic rings. The Morgan fingerprint density at radius 2 is 2.00 bits per heavy atom. The van der Waals surface area contributed by atoms with Gasteiger partial charge in [0.15, 0.2) is 0 Å². The average Bonchev–Trinajstić information content (AvgIpc) is 2.29. The van der Waals surface area contributed by atoms with Crippen LogP contribution in [0.2, 0.25) is 0 Å². The Bertz CT molecular complexity index is 262. The number of ether oxygens (including phenoxy) is 1. The fourth-order valence-corrected chi connectivity index (χ4v) is 2.44. The highest BCUT2D eigenvalue weighted by atomic mass is 16.5. The van der Waals surface area contributed by atoms with Crippen LogP contribution in [0.25, 0.3) is 0 Å². The number of hydrogen-bond donors (Lipinski definition) is 1. The molecule has 4 heteroatoms. The lowest BCUT2D eigenvalue weighted by molar-refractivity contribution is 0.0903. The zero-order valence-corrected chi connectivity index (χ0v) is 12.8. The highest BCUT2D eigenvalue weighted by Crippen LogP contribution is 2.17. The molecule has 0 heterocycles. The Morgan fingerprint density at radius 3 is 2.39 bits per heavy atom. The predicted octanol–water partition coefficient (Wildman–Crippen LogP) is 2.01. The zero-order chi connectivity index (χ0) is 14.2. The van der Waals surface area contributed by atoms with Gasteiger partial charge in [0.1, 0.15) is 5.54 Å². The van der Waals surface area contributed by atoms with Crippen LogP contribution in [0.4, 0.5) is 0 Å². The average molecular weight is 255 g/mol. The van der Waals surface area contributed by atoms with Crippen LogP contribution in [0.1, 0.15) is 41.0 Å². The van der Waals surface area contributed by atoms with E-state index in [2.05, 4.69) is 37.1 Å². The number of methoxy groups -OCH3 is 1. The summed E-state index contributed by atoms with van der Waals surface area (Å²) >= 11 is 0. The van der Waals surface area contributed by atoms with Gasteiger partial charge in [0.25, 0.3) is 0 Å². The third-order valence-corrected chi connectivity index (χ3v) is 3.30. The first-order chi connectivity index (χ1) is 8.40. The fraction of sp³-hybridized carbons (Fsp3) is 0.929. The van der Waals surface area contributed by atoms with Gasteiger partial charge in [-0.05, 0) is 40.7 Å². The number of nitriles is 1. The van der Waals surface area contributed by atoms with E-state index in [-0.39, 0.29) is 0 Å². The van der Waals surface area contributed by atoms with Gasteiger partial charge < -0.3 is 4.74 Å². The lowest BCUT2D eigenvalue weighted by Crippen LogP contribution is -2.49. The van der Waals surface area contributed by atoms with E-state index < -0.39 is 5.54 Å². The van der Waals surface area contributed by atoms with Gasteiger partial charge in [0.05, 0.1) is 12.7 Å². The molecule has 106 valence electrons. The van der Waals surface area contributed by atoms with Gasteiger partial charge >= 0.3 is 0 Å². The first kappa shape index (κ1) is 17.4. The maximum Gasteiger partial charge on any atom is 0.105 e. The van der Waals surface area contributed by atoms with Gasteiger partial charge in [-0.2, -0.15) is 5.26 Å². The summed E-state index contributed by atoms with van der Waals surface area (Å²) in [5.41, 5.74) is -0.450. The highest BCUT2D eigenvalue weighted by Gasteiger charge is 2.28. The summed E-state index contributed by atoms with van der Waals surface area (Å²) in [4.78, 5) is 2.39. The number of nitrogens with zero attached hydrogens (tertiary/aromatic N) is 2. The normalized spacial score (nSPS) is 16.6. The molecule has 0 aliphatic heterocycles. The third-order valence-electron chi connectivity index (χ3n) is 3.30. The molecule has 0 saturated heterocycles. The second kappa shape index (κ2) is 8.47. The van der Waals surface area contributed by atoms with E-state index in [1.807, 2.05) is 13.8 Å². The second-order valence-corrected chi connectivity index (χ2v) is 5.35. The van der Waals surface area contributed by atoms with E-state index in [1.54, 1.807) is 7.11 Å². The summed E-state index contributed by atoms with van der Waals surface area (Å²) in [6.07, 6.45) is 0.819. The first-order valence-electron chi connectivity index (χ1n) is 6.81. The van der Waals surface area contributed by atoms with Gasteiger partial charge in [0, 0.05) is 25.7 Å². The molecule has 0 aliphatic rings. The molecule has 1 N–H and O–H groups in total. The minimum atomic E-state index is -0.450. The molecule has 2 unspecified atom stereocenters. The quantitative estimate of drug-likeness (QED) is 0.685. The van der Waals surface area contributed by atoms with Gasteiger partial charge in [-0.1, -0.05) is 6.92 Å². The molecule has 0 saturated carbocycles. The van der Waals surface area contributed by atoms with Crippen molar-refractivity contribution in [3.8, 4) is 6.07 Å². The number of hydrogen-bond acceptors (Lipinski definition) is 4. The molecular formula is C14H29N3O. The van der Waals surface area contributed by atoms with Crippen LogP contribution < -0.4 is 5.32 Å². The molecule has 0 spiro atoms. The molecule has 0 fully saturated rings. The smallest absolute Gasteiger partial charge is 0.105 e. The molecular weight excluding hydrogens is 226 g/mol. The van der Waals surface area contributed by atoms with E-state index in [1.165, 1.54) is 0 Å². The molecule has 0 rings (SSSR count). The SMILES string of the molecule is CCNC(C)(C#N)CC(C)N(CCOC)C(C)C. The van der Waals surface area contributed by atoms with Crippen LogP contribution in [-0.2, 0) is 4.74 Å². The van der Waals surface area contributed by atoms with Crippen LogP contribution in [0.5, 0.6) is 0 Å². The molecule has 0 aliphatic carbocycles. The van der Waals surface area contributed by atoms with Gasteiger partial charge in [0.2, 0.25) is 0 Å².